The molecule has 17 heteroatoms. The molecule has 0 saturated heterocycles. The minimum atomic E-state index is -1.45. The fourth-order valence-electron chi connectivity index (χ4n) is 3.04. The first-order chi connectivity index (χ1) is 18.5. The highest BCUT2D eigenvalue weighted by Crippen LogP contribution is 2.03. The first-order valence-corrected chi connectivity index (χ1v) is 12.5. The van der Waals surface area contributed by atoms with Crippen molar-refractivity contribution in [2.45, 2.75) is 64.9 Å². The van der Waals surface area contributed by atoms with Gasteiger partial charge in [0, 0.05) is 0 Å². The minimum absolute atomic E-state index is 0.389. The van der Waals surface area contributed by atoms with Crippen molar-refractivity contribution in [2.75, 3.05) is 26.2 Å². The Morgan fingerprint density at radius 3 is 1.40 bits per heavy atom. The maximum Gasteiger partial charge on any atom is 0.322 e. The van der Waals surface area contributed by atoms with E-state index in [1.165, 1.54) is 6.92 Å². The van der Waals surface area contributed by atoms with Gasteiger partial charge in [0.15, 0.2) is 0 Å². The van der Waals surface area contributed by atoms with Gasteiger partial charge < -0.3 is 53.0 Å². The fraction of sp³-hybridized carbons (Fsp3) is 0.696. The summed E-state index contributed by atoms with van der Waals surface area (Å²) in [5, 5.41) is 41.1. The largest absolute Gasteiger partial charge is 0.480 e. The summed E-state index contributed by atoms with van der Waals surface area (Å²) in [6, 6.07) is -4.96. The maximum absolute atomic E-state index is 12.6. The summed E-state index contributed by atoms with van der Waals surface area (Å²) >= 11 is 0. The number of nitrogens with two attached hydrogens (primary N) is 1. The molecule has 11 N–H and O–H groups in total. The third-order valence-electron chi connectivity index (χ3n) is 5.43. The summed E-state index contributed by atoms with van der Waals surface area (Å²) in [7, 11) is 0. The van der Waals surface area contributed by atoms with E-state index in [9.17, 15) is 43.8 Å². The van der Waals surface area contributed by atoms with Crippen LogP contribution in [-0.2, 0) is 33.6 Å². The maximum atomic E-state index is 12.6. The molecule has 0 aromatic heterocycles. The molecule has 0 radical (unpaired) electrons. The van der Waals surface area contributed by atoms with Crippen LogP contribution in [0.5, 0.6) is 0 Å². The first-order valence-electron chi connectivity index (χ1n) is 12.5. The highest BCUT2D eigenvalue weighted by molar-refractivity contribution is 5.95. The Bertz CT molecular complexity index is 926. The standard InChI is InChI=1S/C23H41N7O10/c1-10(2)18(22(39)26-7-15(34)30-19(11(3)4)23(40)27-8-16(35)36)29-14(33)6-25-20(37)13(9-31)28-21(38)17(24)12(5)32/h10-13,17-19,31-32H,6-9,24H2,1-5H3,(H,25,37)(H,26,39)(H,27,40)(H,28,38)(H,29,33)(H,30,34)(H,35,36)/t12-,13+,17+,18+,19+/m1/s1. The molecular formula is C23H41N7O10. The average Bonchev–Trinajstić information content (AvgIpc) is 2.87. The summed E-state index contributed by atoms with van der Waals surface area (Å²) in [6.07, 6.45) is -1.21. The zero-order chi connectivity index (χ0) is 31.2. The molecule has 0 aliphatic heterocycles. The van der Waals surface area contributed by atoms with E-state index in [1.54, 1.807) is 27.7 Å². The Balaban J connectivity index is 4.94. The zero-order valence-electron chi connectivity index (χ0n) is 23.1. The third kappa shape index (κ3) is 13.3. The van der Waals surface area contributed by atoms with Crippen molar-refractivity contribution in [3.63, 3.8) is 0 Å². The van der Waals surface area contributed by atoms with Gasteiger partial charge >= 0.3 is 5.97 Å². The molecule has 0 heterocycles. The van der Waals surface area contributed by atoms with E-state index in [0.29, 0.717) is 0 Å². The SMILES string of the molecule is CC(C)[C@H](NC(=O)CNC(=O)[C@H](CO)NC(=O)[C@@H](N)[C@@H](C)O)C(=O)NCC(=O)N[C@H](C(=O)NCC(=O)O)C(C)C. The quantitative estimate of drug-likeness (QED) is 0.0783. The number of carbonyl (C=O) groups excluding carboxylic acids is 6. The molecule has 0 rings (SSSR count). The molecule has 0 aromatic rings. The van der Waals surface area contributed by atoms with Crippen LogP contribution in [-0.4, -0.2) is 113 Å². The number of rotatable bonds is 17. The van der Waals surface area contributed by atoms with Crippen LogP contribution in [0, 0.1) is 11.8 Å². The van der Waals surface area contributed by atoms with E-state index in [2.05, 4.69) is 31.9 Å². The molecule has 5 atom stereocenters. The van der Waals surface area contributed by atoms with Crippen LogP contribution in [0.25, 0.3) is 0 Å². The van der Waals surface area contributed by atoms with Crippen molar-refractivity contribution in [2.24, 2.45) is 17.6 Å². The topological polar surface area (TPSA) is 278 Å². The molecule has 0 bridgehead atoms. The predicted molar refractivity (Wildman–Crippen MR) is 139 cm³/mol. The van der Waals surface area contributed by atoms with Crippen molar-refractivity contribution in [3.8, 4) is 0 Å². The fourth-order valence-corrected chi connectivity index (χ4v) is 3.04. The number of aliphatic hydroxyl groups is 2. The first kappa shape index (κ1) is 36.2. The van der Waals surface area contributed by atoms with E-state index in [-0.39, 0.29) is 5.92 Å². The number of amides is 6. The van der Waals surface area contributed by atoms with Crippen LogP contribution >= 0.6 is 0 Å². The normalized spacial score (nSPS) is 14.7. The number of carboxylic acid groups (broad SMARTS) is 1. The third-order valence-corrected chi connectivity index (χ3v) is 5.43. The average molecular weight is 576 g/mol. The molecule has 6 amide bonds. The number of hydrogen-bond acceptors (Lipinski definition) is 10. The van der Waals surface area contributed by atoms with Crippen LogP contribution in [0.4, 0.5) is 0 Å². The highest BCUT2D eigenvalue weighted by atomic mass is 16.4. The second kappa shape index (κ2) is 17.7. The molecule has 0 aliphatic carbocycles. The molecule has 0 unspecified atom stereocenters. The van der Waals surface area contributed by atoms with E-state index in [4.69, 9.17) is 10.8 Å². The lowest BCUT2D eigenvalue weighted by Crippen LogP contribution is -2.57. The number of aliphatic carboxylic acids is 1. The summed E-state index contributed by atoms with van der Waals surface area (Å²) in [5.41, 5.74) is 5.47. The Morgan fingerprint density at radius 2 is 1.05 bits per heavy atom. The van der Waals surface area contributed by atoms with Gasteiger partial charge in [-0.3, -0.25) is 33.6 Å². The molecule has 17 nitrogen and oxygen atoms in total. The van der Waals surface area contributed by atoms with Crippen molar-refractivity contribution < 1.29 is 48.9 Å². The van der Waals surface area contributed by atoms with Crippen LogP contribution in [0.1, 0.15) is 34.6 Å². The van der Waals surface area contributed by atoms with Crippen LogP contribution in [0.3, 0.4) is 0 Å². The van der Waals surface area contributed by atoms with Gasteiger partial charge in [-0.1, -0.05) is 27.7 Å². The number of nitrogens with one attached hydrogen (secondary N) is 6. The lowest BCUT2D eigenvalue weighted by molar-refractivity contribution is -0.138. The van der Waals surface area contributed by atoms with Gasteiger partial charge in [-0.2, -0.15) is 0 Å². The van der Waals surface area contributed by atoms with Gasteiger partial charge in [-0.05, 0) is 18.8 Å². The zero-order valence-corrected chi connectivity index (χ0v) is 23.1. The molecule has 0 fully saturated rings. The summed E-state index contributed by atoms with van der Waals surface area (Å²) in [4.78, 5) is 84.3. The number of carbonyl (C=O) groups is 7. The van der Waals surface area contributed by atoms with E-state index in [0.717, 1.165) is 0 Å². The Morgan fingerprint density at radius 1 is 0.650 bits per heavy atom. The van der Waals surface area contributed by atoms with Crippen LogP contribution in [0.2, 0.25) is 0 Å². The van der Waals surface area contributed by atoms with Gasteiger partial charge in [-0.15, -0.1) is 0 Å². The van der Waals surface area contributed by atoms with E-state index < -0.39 is 104 Å². The Kier molecular flexibility index (Phi) is 16.0. The van der Waals surface area contributed by atoms with Crippen molar-refractivity contribution in [3.05, 3.63) is 0 Å². The van der Waals surface area contributed by atoms with Gasteiger partial charge in [0.05, 0.1) is 25.8 Å². The smallest absolute Gasteiger partial charge is 0.322 e. The lowest BCUT2D eigenvalue weighted by atomic mass is 10.0. The Hall–Kier alpha value is -3.83. The van der Waals surface area contributed by atoms with Crippen molar-refractivity contribution in [1.82, 2.24) is 31.9 Å². The molecule has 0 aromatic carbocycles. The van der Waals surface area contributed by atoms with Crippen LogP contribution in [0.15, 0.2) is 0 Å². The van der Waals surface area contributed by atoms with E-state index >= 15 is 0 Å². The van der Waals surface area contributed by atoms with E-state index in [1.807, 2.05) is 0 Å². The number of carboxylic acids is 1. The number of hydrogen-bond donors (Lipinski definition) is 10. The van der Waals surface area contributed by atoms with Crippen LogP contribution < -0.4 is 37.6 Å². The summed E-state index contributed by atoms with van der Waals surface area (Å²) < 4.78 is 0. The van der Waals surface area contributed by atoms with Gasteiger partial charge in [0.2, 0.25) is 35.4 Å². The molecule has 0 aliphatic rings. The minimum Gasteiger partial charge on any atom is -0.480 e. The molecule has 0 saturated carbocycles. The van der Waals surface area contributed by atoms with Gasteiger partial charge in [0.25, 0.3) is 0 Å². The molecular weight excluding hydrogens is 534 g/mol. The second-order valence-corrected chi connectivity index (χ2v) is 9.64. The van der Waals surface area contributed by atoms with Gasteiger partial charge in [0.1, 0.15) is 30.7 Å². The van der Waals surface area contributed by atoms with Crippen molar-refractivity contribution >= 4 is 41.4 Å². The predicted octanol–water partition coefficient (Wildman–Crippen LogP) is -5.11. The van der Waals surface area contributed by atoms with Crippen molar-refractivity contribution in [1.29, 1.82) is 0 Å². The molecule has 40 heavy (non-hydrogen) atoms. The molecule has 228 valence electrons. The second-order valence-electron chi connectivity index (χ2n) is 9.64. The molecule has 0 spiro atoms. The Labute approximate surface area is 231 Å². The summed E-state index contributed by atoms with van der Waals surface area (Å²) in [6.45, 7) is 5.16. The van der Waals surface area contributed by atoms with Gasteiger partial charge in [-0.25, -0.2) is 0 Å². The monoisotopic (exact) mass is 575 g/mol. The highest BCUT2D eigenvalue weighted by Gasteiger charge is 2.29. The lowest BCUT2D eigenvalue weighted by Gasteiger charge is -2.24. The number of aliphatic hydroxyl groups excluding tert-OH is 2. The summed E-state index contributed by atoms with van der Waals surface area (Å²) in [5.74, 6) is -6.86.